The molecule has 0 unspecified atom stereocenters. The van der Waals surface area contributed by atoms with E-state index in [1.807, 2.05) is 0 Å². The number of nitrogens with one attached hydrogen (secondary N) is 1. The summed E-state index contributed by atoms with van der Waals surface area (Å²) >= 11 is 0. The molecule has 0 aliphatic carbocycles. The van der Waals surface area contributed by atoms with Crippen molar-refractivity contribution in [3.63, 3.8) is 0 Å². The number of carbonyl (C=O) groups is 1. The van der Waals surface area contributed by atoms with E-state index in [9.17, 15) is 22.7 Å². The zero-order valence-electron chi connectivity index (χ0n) is 16.6. The van der Waals surface area contributed by atoms with Gasteiger partial charge in [0.1, 0.15) is 17.0 Å². The zero-order chi connectivity index (χ0) is 22.6. The van der Waals surface area contributed by atoms with Crippen molar-refractivity contribution in [1.29, 1.82) is 0 Å². The predicted molar refractivity (Wildman–Crippen MR) is 111 cm³/mol. The lowest BCUT2D eigenvalue weighted by Crippen LogP contribution is -2.21. The fourth-order valence-corrected chi connectivity index (χ4v) is 3.11. The van der Waals surface area contributed by atoms with E-state index in [0.717, 1.165) is 24.5 Å². The van der Waals surface area contributed by atoms with Crippen LogP contribution in [-0.4, -0.2) is 49.4 Å². The van der Waals surface area contributed by atoms with Crippen molar-refractivity contribution in [3.8, 4) is 17.6 Å². The van der Waals surface area contributed by atoms with Crippen LogP contribution < -0.4 is 4.72 Å². The normalized spacial score (nSPS) is 11.1. The molecule has 0 saturated heterocycles. The molecule has 2 aromatic heterocycles. The number of aromatic hydroxyl groups is 1. The molecule has 10 heteroatoms. The maximum atomic E-state index is 13.1. The average Bonchev–Trinajstić information content (AvgIpc) is 2.73. The summed E-state index contributed by atoms with van der Waals surface area (Å²) in [5, 5.41) is 10.8. The molecule has 2 heterocycles. The number of ether oxygens (including phenoxy) is 1. The lowest BCUT2D eigenvalue weighted by molar-refractivity contribution is 0.0590. The highest BCUT2D eigenvalue weighted by Gasteiger charge is 2.20. The number of carbonyl (C=O) groups excluding carboxylic acids is 1. The summed E-state index contributed by atoms with van der Waals surface area (Å²) in [6.07, 6.45) is 2.96. The number of halogens is 1. The Morgan fingerprint density at radius 1 is 1.26 bits per heavy atom. The fraction of sp³-hybridized carbons (Fsp3) is 0.190. The third-order valence-electron chi connectivity index (χ3n) is 4.20. The van der Waals surface area contributed by atoms with E-state index in [0.29, 0.717) is 11.8 Å². The van der Waals surface area contributed by atoms with Gasteiger partial charge in [-0.3, -0.25) is 4.98 Å². The van der Waals surface area contributed by atoms with E-state index < -0.39 is 21.7 Å². The molecule has 0 spiro atoms. The van der Waals surface area contributed by atoms with Crippen LogP contribution in [0.4, 0.5) is 4.39 Å². The van der Waals surface area contributed by atoms with Crippen molar-refractivity contribution in [2.24, 2.45) is 0 Å². The van der Waals surface area contributed by atoms with Crippen molar-refractivity contribution in [3.05, 3.63) is 64.9 Å². The minimum absolute atomic E-state index is 0.0960. The summed E-state index contributed by atoms with van der Waals surface area (Å²) in [6, 6.07) is 7.70. The minimum Gasteiger partial charge on any atom is -0.504 e. The third-order valence-corrected chi connectivity index (χ3v) is 4.87. The molecule has 3 aromatic rings. The Labute approximate surface area is 178 Å². The SMILES string of the molecule is COC(=O)c1nc(C#CCNS(C)(=O)=O)c2cc(Cc3ccc(F)cc3)cnc2c1O. The Morgan fingerprint density at radius 3 is 2.61 bits per heavy atom. The summed E-state index contributed by atoms with van der Waals surface area (Å²) in [6.45, 7) is -0.168. The minimum atomic E-state index is -3.42. The molecule has 0 bridgehead atoms. The molecule has 0 fully saturated rings. The van der Waals surface area contributed by atoms with Gasteiger partial charge >= 0.3 is 5.97 Å². The first-order chi connectivity index (χ1) is 14.7. The number of fused-ring (bicyclic) bond motifs is 1. The second kappa shape index (κ2) is 9.07. The molecule has 0 radical (unpaired) electrons. The van der Waals surface area contributed by atoms with Crippen LogP contribution in [0.15, 0.2) is 36.5 Å². The summed E-state index contributed by atoms with van der Waals surface area (Å²) in [4.78, 5) is 20.3. The number of benzene rings is 1. The summed E-state index contributed by atoms with van der Waals surface area (Å²) in [5.41, 5.74) is 1.45. The Hall–Kier alpha value is -3.55. The van der Waals surface area contributed by atoms with Crippen molar-refractivity contribution in [2.45, 2.75) is 6.42 Å². The van der Waals surface area contributed by atoms with Gasteiger partial charge in [0.2, 0.25) is 10.0 Å². The molecule has 0 atom stereocenters. The van der Waals surface area contributed by atoms with E-state index in [2.05, 4.69) is 31.3 Å². The standard InChI is InChI=1S/C21H18FN3O5S/c1-30-21(27)19-20(26)18-16(17(25-19)4-3-9-24-31(2,28)29)11-14(12-23-18)10-13-5-7-15(22)8-6-13/h5-8,11-12,24,26H,9-10H2,1-2H3. The smallest absolute Gasteiger partial charge is 0.360 e. The van der Waals surface area contributed by atoms with Crippen molar-refractivity contribution < 1.29 is 27.4 Å². The van der Waals surface area contributed by atoms with Gasteiger partial charge < -0.3 is 9.84 Å². The quantitative estimate of drug-likeness (QED) is 0.456. The topological polar surface area (TPSA) is 118 Å². The maximum absolute atomic E-state index is 13.1. The number of pyridine rings is 2. The van der Waals surface area contributed by atoms with Crippen LogP contribution in [0, 0.1) is 17.7 Å². The number of esters is 1. The first-order valence-corrected chi connectivity index (χ1v) is 10.8. The van der Waals surface area contributed by atoms with E-state index in [1.165, 1.54) is 18.3 Å². The lowest BCUT2D eigenvalue weighted by atomic mass is 10.0. The summed E-state index contributed by atoms with van der Waals surface area (Å²) in [7, 11) is -2.28. The molecule has 1 aromatic carbocycles. The van der Waals surface area contributed by atoms with Crippen LogP contribution in [-0.2, 0) is 21.2 Å². The Morgan fingerprint density at radius 2 is 1.97 bits per heavy atom. The molecule has 3 rings (SSSR count). The van der Waals surface area contributed by atoms with Crippen LogP contribution in [0.1, 0.15) is 27.3 Å². The summed E-state index contributed by atoms with van der Waals surface area (Å²) < 4.78 is 42.4. The number of methoxy groups -OCH3 is 1. The van der Waals surface area contributed by atoms with Crippen molar-refractivity contribution in [1.82, 2.24) is 14.7 Å². The molecule has 0 saturated carbocycles. The summed E-state index contributed by atoms with van der Waals surface area (Å²) in [5.74, 6) is 3.67. The van der Waals surface area contributed by atoms with Gasteiger partial charge in [-0.15, -0.1) is 0 Å². The highest BCUT2D eigenvalue weighted by molar-refractivity contribution is 7.88. The molecule has 8 nitrogen and oxygen atoms in total. The average molecular weight is 443 g/mol. The number of rotatable bonds is 5. The molecule has 0 aliphatic heterocycles. The highest BCUT2D eigenvalue weighted by atomic mass is 32.2. The number of hydrogen-bond acceptors (Lipinski definition) is 7. The van der Waals surface area contributed by atoms with Gasteiger partial charge in [-0.2, -0.15) is 0 Å². The second-order valence-corrected chi connectivity index (χ2v) is 8.42. The van der Waals surface area contributed by atoms with Crippen molar-refractivity contribution >= 4 is 26.9 Å². The fourth-order valence-electron chi connectivity index (χ4n) is 2.78. The Kier molecular flexibility index (Phi) is 6.48. The van der Waals surface area contributed by atoms with Gasteiger partial charge in [-0.1, -0.05) is 18.1 Å². The van der Waals surface area contributed by atoms with Gasteiger partial charge in [-0.25, -0.2) is 27.3 Å². The van der Waals surface area contributed by atoms with Gasteiger partial charge in [0.05, 0.1) is 19.9 Å². The molecule has 31 heavy (non-hydrogen) atoms. The Bertz CT molecular complexity index is 1310. The predicted octanol–water partition coefficient (Wildman–Crippen LogP) is 1.75. The van der Waals surface area contributed by atoms with Gasteiger partial charge in [-0.05, 0) is 41.7 Å². The molecular weight excluding hydrogens is 425 g/mol. The van der Waals surface area contributed by atoms with E-state index in [4.69, 9.17) is 0 Å². The molecule has 160 valence electrons. The molecular formula is C21H18FN3O5S. The van der Waals surface area contributed by atoms with Gasteiger partial charge in [0.15, 0.2) is 11.4 Å². The first-order valence-electron chi connectivity index (χ1n) is 8.96. The molecule has 0 amide bonds. The monoisotopic (exact) mass is 443 g/mol. The van der Waals surface area contributed by atoms with Gasteiger partial charge in [0, 0.05) is 11.6 Å². The second-order valence-electron chi connectivity index (χ2n) is 6.59. The number of hydrogen-bond donors (Lipinski definition) is 2. The van der Waals surface area contributed by atoms with E-state index in [-0.39, 0.29) is 29.3 Å². The lowest BCUT2D eigenvalue weighted by Gasteiger charge is -2.09. The number of nitrogens with zero attached hydrogens (tertiary/aromatic N) is 2. The van der Waals surface area contributed by atoms with E-state index in [1.54, 1.807) is 18.2 Å². The number of aromatic nitrogens is 2. The highest BCUT2D eigenvalue weighted by Crippen LogP contribution is 2.29. The third kappa shape index (κ3) is 5.53. The van der Waals surface area contributed by atoms with Crippen molar-refractivity contribution in [2.75, 3.05) is 19.9 Å². The Balaban J connectivity index is 2.08. The van der Waals surface area contributed by atoms with Crippen LogP contribution in [0.5, 0.6) is 5.75 Å². The number of sulfonamides is 1. The zero-order valence-corrected chi connectivity index (χ0v) is 17.5. The molecule has 2 N–H and O–H groups in total. The van der Waals surface area contributed by atoms with Crippen LogP contribution in [0.25, 0.3) is 10.9 Å². The van der Waals surface area contributed by atoms with Crippen LogP contribution >= 0.6 is 0 Å². The van der Waals surface area contributed by atoms with Crippen LogP contribution in [0.2, 0.25) is 0 Å². The van der Waals surface area contributed by atoms with Gasteiger partial charge in [0.25, 0.3) is 0 Å². The van der Waals surface area contributed by atoms with E-state index >= 15 is 0 Å². The maximum Gasteiger partial charge on any atom is 0.360 e. The molecule has 0 aliphatic rings. The largest absolute Gasteiger partial charge is 0.504 e. The first kappa shape index (κ1) is 22.1. The van der Waals surface area contributed by atoms with Crippen LogP contribution in [0.3, 0.4) is 0 Å².